The lowest BCUT2D eigenvalue weighted by molar-refractivity contribution is -0.116. The van der Waals surface area contributed by atoms with Gasteiger partial charge < -0.3 is 5.32 Å². The van der Waals surface area contributed by atoms with Crippen molar-refractivity contribution in [2.45, 2.75) is 39.4 Å². The van der Waals surface area contributed by atoms with Crippen LogP contribution in [0.3, 0.4) is 0 Å². The topological polar surface area (TPSA) is 63.1 Å². The van der Waals surface area contributed by atoms with E-state index in [2.05, 4.69) is 29.2 Å². The van der Waals surface area contributed by atoms with Gasteiger partial charge in [0, 0.05) is 44.3 Å². The second-order valence-corrected chi connectivity index (χ2v) is 5.93. The summed E-state index contributed by atoms with van der Waals surface area (Å²) < 4.78 is 1.94. The number of carbonyl (C=O) groups excluding carboxylic acids is 1. The molecule has 2 aromatic rings. The van der Waals surface area contributed by atoms with Crippen LogP contribution in [0.5, 0.6) is 0 Å². The van der Waals surface area contributed by atoms with Crippen molar-refractivity contribution in [3.05, 3.63) is 29.5 Å². The van der Waals surface area contributed by atoms with E-state index in [0.717, 1.165) is 10.8 Å². The van der Waals surface area contributed by atoms with Gasteiger partial charge in [0.25, 0.3) is 0 Å². The zero-order chi connectivity index (χ0) is 15.4. The van der Waals surface area contributed by atoms with E-state index in [9.17, 15) is 4.79 Å². The van der Waals surface area contributed by atoms with Gasteiger partial charge in [0.15, 0.2) is 5.13 Å². The van der Waals surface area contributed by atoms with Gasteiger partial charge in [-0.15, -0.1) is 11.3 Å². The third-order valence-corrected chi connectivity index (χ3v) is 4.54. The molecule has 7 heteroatoms. The first kappa shape index (κ1) is 15.7. The molecule has 2 aromatic heterocycles. The Kier molecular flexibility index (Phi) is 5.08. The van der Waals surface area contributed by atoms with Gasteiger partial charge in [-0.2, -0.15) is 5.10 Å². The molecule has 1 amide bonds. The van der Waals surface area contributed by atoms with E-state index in [1.165, 1.54) is 18.3 Å². The lowest BCUT2D eigenvalue weighted by atomic mass is 10.2. The molecule has 2 atom stereocenters. The summed E-state index contributed by atoms with van der Waals surface area (Å²) >= 11 is 1.48. The molecule has 6 nitrogen and oxygen atoms in total. The van der Waals surface area contributed by atoms with Gasteiger partial charge in [-0.25, -0.2) is 4.98 Å². The minimum Gasteiger partial charge on any atom is -0.306 e. The highest BCUT2D eigenvalue weighted by Gasteiger charge is 2.15. The lowest BCUT2D eigenvalue weighted by Gasteiger charge is -2.21. The fraction of sp³-hybridized carbons (Fsp3) is 0.500. The maximum atomic E-state index is 11.3. The molecular formula is C14H21N5OS. The minimum absolute atomic E-state index is 0.00969. The summed E-state index contributed by atoms with van der Waals surface area (Å²) in [6.45, 7) is 6.46. The van der Waals surface area contributed by atoms with Crippen molar-refractivity contribution in [1.82, 2.24) is 20.1 Å². The average molecular weight is 307 g/mol. The van der Waals surface area contributed by atoms with Crippen molar-refractivity contribution in [2.24, 2.45) is 0 Å². The van der Waals surface area contributed by atoms with Crippen molar-refractivity contribution in [3.63, 3.8) is 0 Å². The van der Waals surface area contributed by atoms with Crippen LogP contribution in [-0.2, 0) is 11.3 Å². The number of nitrogens with one attached hydrogen (secondary N) is 1. The summed E-state index contributed by atoms with van der Waals surface area (Å²) in [7, 11) is 1.74. The highest BCUT2D eigenvalue weighted by Crippen LogP contribution is 2.19. The number of rotatable bonds is 6. The number of carbonyl (C=O) groups is 1. The zero-order valence-electron chi connectivity index (χ0n) is 12.8. The van der Waals surface area contributed by atoms with E-state index in [1.807, 2.05) is 22.3 Å². The Morgan fingerprint density at radius 3 is 2.90 bits per heavy atom. The van der Waals surface area contributed by atoms with Gasteiger partial charge in [0.1, 0.15) is 0 Å². The summed E-state index contributed by atoms with van der Waals surface area (Å²) in [5, 5.41) is 10.4. The monoisotopic (exact) mass is 307 g/mol. The van der Waals surface area contributed by atoms with Crippen molar-refractivity contribution in [3.8, 4) is 0 Å². The van der Waals surface area contributed by atoms with Crippen LogP contribution in [0.1, 0.15) is 32.5 Å². The van der Waals surface area contributed by atoms with Gasteiger partial charge in [0.2, 0.25) is 5.91 Å². The van der Waals surface area contributed by atoms with E-state index in [0.29, 0.717) is 6.54 Å². The van der Waals surface area contributed by atoms with E-state index in [-0.39, 0.29) is 18.0 Å². The van der Waals surface area contributed by atoms with Crippen molar-refractivity contribution in [1.29, 1.82) is 0 Å². The summed E-state index contributed by atoms with van der Waals surface area (Å²) in [4.78, 5) is 17.3. The average Bonchev–Trinajstić information content (AvgIpc) is 3.14. The van der Waals surface area contributed by atoms with Gasteiger partial charge in [-0.1, -0.05) is 0 Å². The fourth-order valence-electron chi connectivity index (χ4n) is 1.85. The van der Waals surface area contributed by atoms with Gasteiger partial charge in [0.05, 0.1) is 11.7 Å². The predicted octanol–water partition coefficient (Wildman–Crippen LogP) is 2.06. The second-order valence-electron chi connectivity index (χ2n) is 5.10. The SMILES string of the molecule is CC(=O)N(C)c1nc(CN[C@@H](C)[C@@H](C)n2cccn2)cs1. The Bertz CT molecular complexity index is 580. The van der Waals surface area contributed by atoms with Gasteiger partial charge in [-0.05, 0) is 19.9 Å². The van der Waals surface area contributed by atoms with E-state index in [1.54, 1.807) is 18.1 Å². The number of thiazole rings is 1. The quantitative estimate of drug-likeness (QED) is 0.887. The summed E-state index contributed by atoms with van der Waals surface area (Å²) in [5.41, 5.74) is 0.947. The molecule has 0 aliphatic rings. The first-order valence-corrected chi connectivity index (χ1v) is 7.78. The summed E-state index contributed by atoms with van der Waals surface area (Å²) in [6.07, 6.45) is 3.75. The molecule has 0 radical (unpaired) electrons. The van der Waals surface area contributed by atoms with Gasteiger partial charge in [-0.3, -0.25) is 14.4 Å². The number of amides is 1. The largest absolute Gasteiger partial charge is 0.306 e. The molecular weight excluding hydrogens is 286 g/mol. The lowest BCUT2D eigenvalue weighted by Crippen LogP contribution is -2.33. The molecule has 2 rings (SSSR count). The van der Waals surface area contributed by atoms with E-state index >= 15 is 0 Å². The Balaban J connectivity index is 1.90. The number of hydrogen-bond donors (Lipinski definition) is 1. The Morgan fingerprint density at radius 1 is 1.52 bits per heavy atom. The summed E-state index contributed by atoms with van der Waals surface area (Å²) in [6, 6.07) is 2.45. The van der Waals surface area contributed by atoms with Crippen LogP contribution >= 0.6 is 11.3 Å². The molecule has 0 spiro atoms. The molecule has 1 N–H and O–H groups in total. The molecule has 0 saturated carbocycles. The first-order valence-electron chi connectivity index (χ1n) is 6.90. The fourth-order valence-corrected chi connectivity index (χ4v) is 2.69. The maximum Gasteiger partial charge on any atom is 0.225 e. The highest BCUT2D eigenvalue weighted by molar-refractivity contribution is 7.14. The number of nitrogens with zero attached hydrogens (tertiary/aromatic N) is 4. The molecule has 0 saturated heterocycles. The molecule has 21 heavy (non-hydrogen) atoms. The molecule has 0 bridgehead atoms. The molecule has 0 aliphatic heterocycles. The van der Waals surface area contributed by atoms with Crippen LogP contribution in [0.4, 0.5) is 5.13 Å². The second kappa shape index (κ2) is 6.82. The van der Waals surface area contributed by atoms with Crippen LogP contribution in [0, 0.1) is 0 Å². The molecule has 0 fully saturated rings. The summed E-state index contributed by atoms with van der Waals surface area (Å²) in [5.74, 6) is -0.00969. The third-order valence-electron chi connectivity index (χ3n) is 3.57. The first-order chi connectivity index (χ1) is 9.99. The zero-order valence-corrected chi connectivity index (χ0v) is 13.6. The van der Waals surface area contributed by atoms with Gasteiger partial charge >= 0.3 is 0 Å². The normalized spacial score (nSPS) is 13.9. The molecule has 0 aromatic carbocycles. The third kappa shape index (κ3) is 3.89. The number of hydrogen-bond acceptors (Lipinski definition) is 5. The van der Waals surface area contributed by atoms with Crippen LogP contribution < -0.4 is 10.2 Å². The number of aromatic nitrogens is 3. The van der Waals surface area contributed by atoms with E-state index < -0.39 is 0 Å². The highest BCUT2D eigenvalue weighted by atomic mass is 32.1. The maximum absolute atomic E-state index is 11.3. The van der Waals surface area contributed by atoms with Crippen molar-refractivity contribution in [2.75, 3.05) is 11.9 Å². The molecule has 0 unspecified atom stereocenters. The molecule has 2 heterocycles. The Labute approximate surface area is 128 Å². The molecule has 114 valence electrons. The minimum atomic E-state index is -0.00969. The van der Waals surface area contributed by atoms with Crippen LogP contribution in [0.15, 0.2) is 23.8 Å². The molecule has 0 aliphatic carbocycles. The Hall–Kier alpha value is -1.73. The number of anilines is 1. The van der Waals surface area contributed by atoms with Crippen LogP contribution in [0.25, 0.3) is 0 Å². The van der Waals surface area contributed by atoms with Crippen LogP contribution in [0.2, 0.25) is 0 Å². The predicted molar refractivity (Wildman–Crippen MR) is 84.4 cm³/mol. The Morgan fingerprint density at radius 2 is 2.29 bits per heavy atom. The van der Waals surface area contributed by atoms with Crippen LogP contribution in [-0.4, -0.2) is 33.8 Å². The van der Waals surface area contributed by atoms with Crippen molar-refractivity contribution < 1.29 is 4.79 Å². The standard InChI is InChI=1S/C14H21N5OS/c1-10(11(2)19-7-5-6-16-19)15-8-13-9-21-14(17-13)18(4)12(3)20/h5-7,9-11,15H,8H2,1-4H3/t10-,11+/m0/s1. The smallest absolute Gasteiger partial charge is 0.225 e. The van der Waals surface area contributed by atoms with E-state index in [4.69, 9.17) is 0 Å². The van der Waals surface area contributed by atoms with Crippen molar-refractivity contribution >= 4 is 22.4 Å².